The Hall–Kier alpha value is -5.51. The van der Waals surface area contributed by atoms with E-state index in [-0.39, 0.29) is 39.9 Å². The Labute approximate surface area is 217 Å². The number of esters is 5. The zero-order chi connectivity index (χ0) is 28.2. The molecule has 2 rings (SSSR count). The minimum atomic E-state index is -0.861. The fourth-order valence-electron chi connectivity index (χ4n) is 2.59. The number of rotatable bonds is 11. The summed E-state index contributed by atoms with van der Waals surface area (Å²) in [7, 11) is 0. The number of ether oxygens (including phenoxy) is 5. The molecule has 0 aliphatic heterocycles. The molecular weight excluding hydrogens is 496 g/mol. The van der Waals surface area contributed by atoms with Crippen LogP contribution in [0.5, 0.6) is 28.7 Å². The topological polar surface area (TPSA) is 132 Å². The molecule has 0 atom stereocenters. The minimum Gasteiger partial charge on any atom is -0.423 e. The second-order valence-electron chi connectivity index (χ2n) is 7.03. The summed E-state index contributed by atoms with van der Waals surface area (Å²) in [4.78, 5) is 59.3. The lowest BCUT2D eigenvalue weighted by molar-refractivity contribution is -0.132. The third-order valence-corrected chi connectivity index (χ3v) is 4.32. The summed E-state index contributed by atoms with van der Waals surface area (Å²) in [6, 6.07) is 7.85. The molecule has 0 heterocycles. The van der Waals surface area contributed by atoms with Crippen molar-refractivity contribution in [3.63, 3.8) is 0 Å². The highest BCUT2D eigenvalue weighted by atomic mass is 16.6. The van der Waals surface area contributed by atoms with Gasteiger partial charge in [0.25, 0.3) is 0 Å². The number of hydrogen-bond donors (Lipinski definition) is 0. The van der Waals surface area contributed by atoms with E-state index < -0.39 is 29.8 Å². The Kier molecular flexibility index (Phi) is 10.2. The van der Waals surface area contributed by atoms with Crippen molar-refractivity contribution in [2.75, 3.05) is 0 Å². The van der Waals surface area contributed by atoms with E-state index in [1.165, 1.54) is 49.4 Å². The minimum absolute atomic E-state index is 0.000235. The van der Waals surface area contributed by atoms with E-state index in [0.29, 0.717) is 0 Å². The predicted octanol–water partition coefficient (Wildman–Crippen LogP) is 4.06. The lowest BCUT2D eigenvalue weighted by Crippen LogP contribution is -2.12. The van der Waals surface area contributed by atoms with Gasteiger partial charge in [0.1, 0.15) is 17.2 Å². The van der Waals surface area contributed by atoms with Crippen LogP contribution in [-0.2, 0) is 24.0 Å². The summed E-state index contributed by atoms with van der Waals surface area (Å²) in [5, 5.41) is 0. The van der Waals surface area contributed by atoms with Gasteiger partial charge in [0.2, 0.25) is 0 Å². The second kappa shape index (κ2) is 13.5. The molecule has 10 nitrogen and oxygen atoms in total. The molecule has 0 aromatic heterocycles. The van der Waals surface area contributed by atoms with Crippen LogP contribution in [-0.4, -0.2) is 29.8 Å². The SMILES string of the molecule is C=CC(=O)Oc1ccc(/C=C(\C)C(=O)Oc2ccc(OC(=O)C=C)cc2OC(=O)C=C)c(OC(=O)C=C)c1. The predicted molar refractivity (Wildman–Crippen MR) is 135 cm³/mol. The molecule has 0 amide bonds. The summed E-state index contributed by atoms with van der Waals surface area (Å²) in [6.07, 6.45) is 5.07. The Bertz CT molecular complexity index is 1360. The van der Waals surface area contributed by atoms with E-state index in [1.807, 2.05) is 0 Å². The van der Waals surface area contributed by atoms with Crippen molar-refractivity contribution < 1.29 is 47.7 Å². The first kappa shape index (κ1) is 28.7. The van der Waals surface area contributed by atoms with E-state index >= 15 is 0 Å². The van der Waals surface area contributed by atoms with E-state index in [9.17, 15) is 24.0 Å². The molecule has 194 valence electrons. The quantitative estimate of drug-likeness (QED) is 0.244. The van der Waals surface area contributed by atoms with Crippen LogP contribution in [0, 0.1) is 0 Å². The van der Waals surface area contributed by atoms with Crippen LogP contribution in [0.3, 0.4) is 0 Å². The largest absolute Gasteiger partial charge is 0.423 e. The van der Waals surface area contributed by atoms with Crippen molar-refractivity contribution in [3.8, 4) is 28.7 Å². The van der Waals surface area contributed by atoms with Crippen LogP contribution in [0.1, 0.15) is 12.5 Å². The normalized spacial score (nSPS) is 10.3. The van der Waals surface area contributed by atoms with Gasteiger partial charge in [0.15, 0.2) is 11.5 Å². The monoisotopic (exact) mass is 518 g/mol. The summed E-state index contributed by atoms with van der Waals surface area (Å²) in [6.45, 7) is 14.7. The molecular formula is C28H22O10. The van der Waals surface area contributed by atoms with Crippen molar-refractivity contribution in [3.05, 3.63) is 98.2 Å². The van der Waals surface area contributed by atoms with Crippen LogP contribution in [0.25, 0.3) is 6.08 Å². The average molecular weight is 518 g/mol. The molecule has 0 radical (unpaired) electrons. The maximum absolute atomic E-state index is 12.8. The molecule has 0 spiro atoms. The fraction of sp³-hybridized carbons (Fsp3) is 0.0357. The molecule has 0 bridgehead atoms. The molecule has 0 unspecified atom stereocenters. The number of carbonyl (C=O) groups excluding carboxylic acids is 5. The first-order valence-electron chi connectivity index (χ1n) is 10.7. The summed E-state index contributed by atoms with van der Waals surface area (Å²) < 4.78 is 25.7. The summed E-state index contributed by atoms with van der Waals surface area (Å²) >= 11 is 0. The van der Waals surface area contributed by atoms with E-state index in [1.54, 1.807) is 0 Å². The summed E-state index contributed by atoms with van der Waals surface area (Å²) in [5.74, 6) is -4.36. The van der Waals surface area contributed by atoms with Gasteiger partial charge >= 0.3 is 29.8 Å². The molecule has 0 aliphatic rings. The van der Waals surface area contributed by atoms with Crippen molar-refractivity contribution in [2.45, 2.75) is 6.92 Å². The van der Waals surface area contributed by atoms with Gasteiger partial charge in [0, 0.05) is 47.6 Å². The highest BCUT2D eigenvalue weighted by molar-refractivity contribution is 5.96. The van der Waals surface area contributed by atoms with Crippen LogP contribution in [0.2, 0.25) is 0 Å². The molecule has 0 saturated heterocycles. The van der Waals surface area contributed by atoms with Crippen LogP contribution < -0.4 is 23.7 Å². The molecule has 2 aromatic carbocycles. The second-order valence-corrected chi connectivity index (χ2v) is 7.03. The molecule has 38 heavy (non-hydrogen) atoms. The lowest BCUT2D eigenvalue weighted by atomic mass is 10.1. The third kappa shape index (κ3) is 8.31. The Morgan fingerprint density at radius 1 is 0.579 bits per heavy atom. The first-order valence-corrected chi connectivity index (χ1v) is 10.7. The van der Waals surface area contributed by atoms with Gasteiger partial charge in [-0.2, -0.15) is 0 Å². The molecule has 0 saturated carbocycles. The van der Waals surface area contributed by atoms with Gasteiger partial charge in [-0.3, -0.25) is 0 Å². The lowest BCUT2D eigenvalue weighted by Gasteiger charge is -2.12. The van der Waals surface area contributed by atoms with E-state index in [4.69, 9.17) is 23.7 Å². The molecule has 10 heteroatoms. The highest BCUT2D eigenvalue weighted by Gasteiger charge is 2.17. The van der Waals surface area contributed by atoms with Crippen LogP contribution in [0.4, 0.5) is 0 Å². The van der Waals surface area contributed by atoms with Crippen LogP contribution in [0.15, 0.2) is 92.6 Å². The molecule has 0 N–H and O–H groups in total. The average Bonchev–Trinajstić information content (AvgIpc) is 2.90. The first-order chi connectivity index (χ1) is 18.1. The maximum atomic E-state index is 12.8. The van der Waals surface area contributed by atoms with E-state index in [2.05, 4.69) is 26.3 Å². The van der Waals surface area contributed by atoms with Crippen molar-refractivity contribution >= 4 is 35.9 Å². The molecule has 0 aliphatic carbocycles. The Balaban J connectivity index is 2.38. The van der Waals surface area contributed by atoms with Gasteiger partial charge in [-0.1, -0.05) is 26.3 Å². The number of carbonyl (C=O) groups is 5. The Morgan fingerprint density at radius 2 is 1.03 bits per heavy atom. The van der Waals surface area contributed by atoms with Gasteiger partial charge in [-0.15, -0.1) is 0 Å². The zero-order valence-electron chi connectivity index (χ0n) is 20.3. The van der Waals surface area contributed by atoms with Gasteiger partial charge < -0.3 is 23.7 Å². The van der Waals surface area contributed by atoms with Gasteiger partial charge in [-0.25, -0.2) is 24.0 Å². The Morgan fingerprint density at radius 3 is 1.55 bits per heavy atom. The fourth-order valence-corrected chi connectivity index (χ4v) is 2.59. The summed E-state index contributed by atoms with van der Waals surface area (Å²) in [5.41, 5.74) is 0.304. The van der Waals surface area contributed by atoms with Gasteiger partial charge in [-0.05, 0) is 37.3 Å². The smallest absolute Gasteiger partial charge is 0.339 e. The molecule has 2 aromatic rings. The highest BCUT2D eigenvalue weighted by Crippen LogP contribution is 2.33. The van der Waals surface area contributed by atoms with E-state index in [0.717, 1.165) is 24.3 Å². The van der Waals surface area contributed by atoms with Crippen molar-refractivity contribution in [1.82, 2.24) is 0 Å². The zero-order valence-corrected chi connectivity index (χ0v) is 20.3. The third-order valence-electron chi connectivity index (χ3n) is 4.32. The van der Waals surface area contributed by atoms with Crippen molar-refractivity contribution in [1.29, 1.82) is 0 Å². The standard InChI is InChI=1S/C28H22O10/c1-6-24(29)34-19-11-10-18(22(15-19)36-26(31)8-3)14-17(5)28(33)38-21-13-12-20(35-25(30)7-2)16-23(21)37-27(32)9-4/h6-16H,1-4H2,5H3/b17-14+. The number of benzene rings is 2. The maximum Gasteiger partial charge on any atom is 0.339 e. The molecule has 0 fully saturated rings. The van der Waals surface area contributed by atoms with Crippen molar-refractivity contribution in [2.24, 2.45) is 0 Å². The number of hydrogen-bond acceptors (Lipinski definition) is 10. The van der Waals surface area contributed by atoms with Crippen LogP contribution >= 0.6 is 0 Å². The van der Waals surface area contributed by atoms with Gasteiger partial charge in [0.05, 0.1) is 0 Å².